The minimum absolute atomic E-state index is 0.00837. The maximum Gasteiger partial charge on any atom is 0.408 e. The van der Waals surface area contributed by atoms with E-state index in [-0.39, 0.29) is 12.5 Å². The monoisotopic (exact) mass is 403 g/mol. The van der Waals surface area contributed by atoms with Crippen LogP contribution in [0.15, 0.2) is 48.5 Å². The average molecular weight is 403 g/mol. The molecule has 148 valence electrons. The predicted octanol–water partition coefficient (Wildman–Crippen LogP) is 2.41. The van der Waals surface area contributed by atoms with Crippen LogP contribution in [0.3, 0.4) is 0 Å². The lowest BCUT2D eigenvalue weighted by atomic mass is 9.98. The number of carbonyl (C=O) groups is 2. The van der Waals surface area contributed by atoms with Gasteiger partial charge in [0, 0.05) is 12.2 Å². The highest BCUT2D eigenvalue weighted by atomic mass is 32.2. The molecule has 3 rings (SSSR count). The van der Waals surface area contributed by atoms with Crippen molar-refractivity contribution in [2.24, 2.45) is 0 Å². The van der Waals surface area contributed by atoms with E-state index in [1.165, 1.54) is 0 Å². The molecule has 7 nitrogen and oxygen atoms in total. The first-order valence-corrected chi connectivity index (χ1v) is 10.7. The van der Waals surface area contributed by atoms with Gasteiger partial charge in [0.2, 0.25) is 0 Å². The molecule has 0 heterocycles. The van der Waals surface area contributed by atoms with Crippen LogP contribution < -0.4 is 5.32 Å². The highest BCUT2D eigenvalue weighted by molar-refractivity contribution is 7.90. The van der Waals surface area contributed by atoms with Crippen molar-refractivity contribution >= 4 is 21.9 Å². The van der Waals surface area contributed by atoms with Crippen LogP contribution in [0.4, 0.5) is 4.79 Å². The summed E-state index contributed by atoms with van der Waals surface area (Å²) in [7, 11) is -3.63. The summed E-state index contributed by atoms with van der Waals surface area (Å²) in [6.07, 6.45) is -0.0662. The second kappa shape index (κ2) is 7.27. The molecule has 0 bridgehead atoms. The Morgan fingerprint density at radius 1 is 1.07 bits per heavy atom. The Hall–Kier alpha value is -2.87. The van der Waals surface area contributed by atoms with E-state index in [1.807, 2.05) is 48.5 Å². The van der Waals surface area contributed by atoms with Gasteiger partial charge < -0.3 is 15.2 Å². The number of benzene rings is 2. The molecule has 0 aliphatic heterocycles. The van der Waals surface area contributed by atoms with Gasteiger partial charge >= 0.3 is 12.1 Å². The molecule has 0 fully saturated rings. The van der Waals surface area contributed by atoms with Crippen LogP contribution in [0.1, 0.15) is 24.0 Å². The summed E-state index contributed by atoms with van der Waals surface area (Å²) in [4.78, 5) is 23.7. The van der Waals surface area contributed by atoms with Crippen molar-refractivity contribution in [2.45, 2.75) is 18.4 Å². The van der Waals surface area contributed by atoms with Gasteiger partial charge in [0.25, 0.3) is 0 Å². The second-order valence-corrected chi connectivity index (χ2v) is 9.30. The fraction of sp³-hybridized carbons (Fsp3) is 0.300. The summed E-state index contributed by atoms with van der Waals surface area (Å²) in [6.45, 7) is 1.15. The van der Waals surface area contributed by atoms with E-state index in [0.29, 0.717) is 0 Å². The second-order valence-electron chi connectivity index (χ2n) is 7.16. The molecule has 2 aromatic carbocycles. The van der Waals surface area contributed by atoms with E-state index in [4.69, 9.17) is 4.74 Å². The maximum absolute atomic E-state index is 12.2. The number of hydrogen-bond donors (Lipinski definition) is 2. The first-order valence-electron chi connectivity index (χ1n) is 8.65. The number of sulfone groups is 1. The summed E-state index contributed by atoms with van der Waals surface area (Å²) in [5.41, 5.74) is 2.21. The Morgan fingerprint density at radius 3 is 2.04 bits per heavy atom. The molecule has 2 N–H and O–H groups in total. The third kappa shape index (κ3) is 4.01. The molecule has 2 aromatic rings. The van der Waals surface area contributed by atoms with Crippen LogP contribution in [0.2, 0.25) is 0 Å². The molecule has 1 atom stereocenters. The summed E-state index contributed by atoms with van der Waals surface area (Å²) in [5, 5.41) is 11.5. The van der Waals surface area contributed by atoms with Crippen LogP contribution in [0.5, 0.6) is 0 Å². The van der Waals surface area contributed by atoms with Crippen molar-refractivity contribution in [3.8, 4) is 11.1 Å². The molecule has 28 heavy (non-hydrogen) atoms. The van der Waals surface area contributed by atoms with Crippen molar-refractivity contribution < 1.29 is 27.9 Å². The van der Waals surface area contributed by atoms with E-state index >= 15 is 0 Å². The molecule has 1 amide bonds. The number of ether oxygens (including phenoxy) is 1. The lowest BCUT2D eigenvalue weighted by Crippen LogP contribution is -2.56. The van der Waals surface area contributed by atoms with Crippen molar-refractivity contribution in [3.05, 3.63) is 59.7 Å². The van der Waals surface area contributed by atoms with Gasteiger partial charge in [-0.15, -0.1) is 0 Å². The summed E-state index contributed by atoms with van der Waals surface area (Å²) in [5.74, 6) is -2.37. The van der Waals surface area contributed by atoms with Crippen LogP contribution in [-0.4, -0.2) is 49.7 Å². The molecular formula is C20H21NO6S. The first kappa shape index (κ1) is 19.9. The SMILES string of the molecule is C[C@](CS(C)(=O)=O)(NC(=O)OCC1c2ccccc2-c2ccccc21)C(=O)O. The van der Waals surface area contributed by atoms with Crippen molar-refractivity contribution in [1.29, 1.82) is 0 Å². The fourth-order valence-corrected chi connectivity index (χ4v) is 4.78. The van der Waals surface area contributed by atoms with Gasteiger partial charge in [-0.25, -0.2) is 18.0 Å². The number of carboxylic acid groups (broad SMARTS) is 1. The van der Waals surface area contributed by atoms with E-state index in [0.717, 1.165) is 35.4 Å². The molecular weight excluding hydrogens is 382 g/mol. The predicted molar refractivity (Wildman–Crippen MR) is 104 cm³/mol. The normalized spacial score (nSPS) is 15.2. The standard InChI is InChI=1S/C20H21NO6S/c1-20(18(22)23,12-28(2,25)26)21-19(24)27-11-17-15-9-5-3-7-13(15)14-8-4-6-10-16(14)17/h3-10,17H,11-12H2,1-2H3,(H,21,24)(H,22,23)/t20-/m1/s1. The Morgan fingerprint density at radius 2 is 1.57 bits per heavy atom. The van der Waals surface area contributed by atoms with Crippen LogP contribution in [-0.2, 0) is 19.4 Å². The third-order valence-electron chi connectivity index (χ3n) is 4.74. The van der Waals surface area contributed by atoms with Crippen molar-refractivity contribution in [3.63, 3.8) is 0 Å². The number of nitrogens with one attached hydrogen (secondary N) is 1. The van der Waals surface area contributed by atoms with Crippen LogP contribution in [0.25, 0.3) is 11.1 Å². The van der Waals surface area contributed by atoms with Gasteiger partial charge in [-0.05, 0) is 29.2 Å². The highest BCUT2D eigenvalue weighted by Gasteiger charge is 2.39. The maximum atomic E-state index is 12.2. The number of carbonyl (C=O) groups excluding carboxylic acids is 1. The number of rotatable bonds is 6. The largest absolute Gasteiger partial charge is 0.479 e. The minimum atomic E-state index is -3.63. The number of hydrogen-bond acceptors (Lipinski definition) is 5. The zero-order valence-corrected chi connectivity index (χ0v) is 16.3. The van der Waals surface area contributed by atoms with E-state index in [9.17, 15) is 23.1 Å². The molecule has 0 aromatic heterocycles. The minimum Gasteiger partial charge on any atom is -0.479 e. The van der Waals surface area contributed by atoms with Gasteiger partial charge in [-0.2, -0.15) is 0 Å². The van der Waals surface area contributed by atoms with Gasteiger partial charge in [0.05, 0.1) is 5.75 Å². The first-order chi connectivity index (χ1) is 13.1. The Bertz CT molecular complexity index is 987. The Kier molecular flexibility index (Phi) is 5.16. The number of carboxylic acids is 1. The lowest BCUT2D eigenvalue weighted by molar-refractivity contribution is -0.143. The van der Waals surface area contributed by atoms with E-state index in [1.54, 1.807) is 0 Å². The van der Waals surface area contributed by atoms with Crippen molar-refractivity contribution in [2.75, 3.05) is 18.6 Å². The molecule has 1 aliphatic carbocycles. The molecule has 0 radical (unpaired) electrons. The van der Waals surface area contributed by atoms with Crippen LogP contribution >= 0.6 is 0 Å². The summed E-state index contributed by atoms with van der Waals surface area (Å²) < 4.78 is 28.3. The Labute approximate surface area is 163 Å². The number of fused-ring (bicyclic) bond motifs is 3. The van der Waals surface area contributed by atoms with Gasteiger partial charge in [0.1, 0.15) is 16.4 Å². The molecule has 0 saturated carbocycles. The van der Waals surface area contributed by atoms with E-state index in [2.05, 4.69) is 5.32 Å². The molecule has 1 aliphatic rings. The van der Waals surface area contributed by atoms with Gasteiger partial charge in [0.15, 0.2) is 5.54 Å². The summed E-state index contributed by atoms with van der Waals surface area (Å²) in [6, 6.07) is 15.6. The highest BCUT2D eigenvalue weighted by Crippen LogP contribution is 2.44. The fourth-order valence-electron chi connectivity index (χ4n) is 3.54. The molecule has 8 heteroatoms. The van der Waals surface area contributed by atoms with Crippen LogP contribution in [0, 0.1) is 0 Å². The number of aliphatic carboxylic acids is 1. The quantitative estimate of drug-likeness (QED) is 0.767. The molecule has 0 unspecified atom stereocenters. The zero-order valence-electron chi connectivity index (χ0n) is 15.5. The molecule has 0 saturated heterocycles. The van der Waals surface area contributed by atoms with E-state index < -0.39 is 33.2 Å². The lowest BCUT2D eigenvalue weighted by Gasteiger charge is -2.25. The topological polar surface area (TPSA) is 110 Å². The molecule has 0 spiro atoms. The van der Waals surface area contributed by atoms with Crippen molar-refractivity contribution in [1.82, 2.24) is 5.32 Å². The Balaban J connectivity index is 1.75. The summed E-state index contributed by atoms with van der Waals surface area (Å²) >= 11 is 0. The number of amides is 1. The number of alkyl carbamates (subject to hydrolysis) is 1. The average Bonchev–Trinajstić information content (AvgIpc) is 2.92. The zero-order chi connectivity index (χ0) is 20.5. The van der Waals surface area contributed by atoms with Gasteiger partial charge in [-0.3, -0.25) is 0 Å². The van der Waals surface area contributed by atoms with Gasteiger partial charge in [-0.1, -0.05) is 48.5 Å². The smallest absolute Gasteiger partial charge is 0.408 e. The third-order valence-corrected chi connectivity index (χ3v) is 5.85.